The van der Waals surface area contributed by atoms with Crippen molar-refractivity contribution in [3.63, 3.8) is 0 Å². The summed E-state index contributed by atoms with van der Waals surface area (Å²) in [5.41, 5.74) is 2.29. The van der Waals surface area contributed by atoms with E-state index in [9.17, 15) is 9.18 Å². The molecular weight excluding hydrogens is 301 g/mol. The van der Waals surface area contributed by atoms with Gasteiger partial charge in [-0.2, -0.15) is 15.7 Å². The number of rotatable bonds is 4. The molecule has 4 nitrogen and oxygen atoms in total. The number of hydrogen-bond acceptors (Lipinski definition) is 3. The molecule has 0 unspecified atom stereocenters. The average molecular weight is 317 g/mol. The number of halogens is 1. The highest BCUT2D eigenvalue weighted by Crippen LogP contribution is 2.15. The number of thiophene rings is 1. The smallest absolute Gasteiger partial charge is 0.274 e. The Bertz CT molecular complexity index is 810. The normalized spacial score (nSPS) is 12.5. The first-order valence-corrected chi connectivity index (χ1v) is 7.95. The van der Waals surface area contributed by atoms with Crippen molar-refractivity contribution in [3.05, 3.63) is 57.9 Å². The fraction of sp³-hybridized carbons (Fsp3) is 0.250. The van der Waals surface area contributed by atoms with E-state index in [1.165, 1.54) is 4.40 Å². The number of nitrogens with one attached hydrogen (secondary N) is 1. The van der Waals surface area contributed by atoms with Gasteiger partial charge in [-0.05, 0) is 54.3 Å². The summed E-state index contributed by atoms with van der Waals surface area (Å²) in [4.78, 5) is 16.4. The van der Waals surface area contributed by atoms with Crippen molar-refractivity contribution in [3.8, 4) is 0 Å². The first-order chi connectivity index (χ1) is 10.6. The number of pyridine rings is 1. The second-order valence-corrected chi connectivity index (χ2v) is 6.13. The Balaban J connectivity index is 1.80. The van der Waals surface area contributed by atoms with Crippen LogP contribution in [0.25, 0.3) is 5.65 Å². The highest BCUT2D eigenvalue weighted by molar-refractivity contribution is 7.07. The van der Waals surface area contributed by atoms with Gasteiger partial charge in [-0.15, -0.1) is 0 Å². The van der Waals surface area contributed by atoms with Gasteiger partial charge in [0.15, 0.2) is 5.69 Å². The summed E-state index contributed by atoms with van der Waals surface area (Å²) in [5.74, 6) is -1.11. The minimum atomic E-state index is -0.626. The van der Waals surface area contributed by atoms with E-state index in [4.69, 9.17) is 0 Å². The topological polar surface area (TPSA) is 46.4 Å². The van der Waals surface area contributed by atoms with Crippen LogP contribution in [0.2, 0.25) is 0 Å². The molecule has 0 radical (unpaired) electrons. The SMILES string of the molecule is Cc1cccn2c(F)c(C(=O)N[C@@H](C)Cc3ccsc3)nc12. The molecule has 0 aliphatic rings. The molecule has 0 saturated carbocycles. The molecule has 0 fully saturated rings. The predicted octanol–water partition coefficient (Wildman–Crippen LogP) is 3.20. The van der Waals surface area contributed by atoms with Gasteiger partial charge >= 0.3 is 0 Å². The lowest BCUT2D eigenvalue weighted by Crippen LogP contribution is -2.34. The van der Waals surface area contributed by atoms with Gasteiger partial charge in [0.25, 0.3) is 5.91 Å². The lowest BCUT2D eigenvalue weighted by Gasteiger charge is -2.11. The molecule has 0 bridgehead atoms. The third kappa shape index (κ3) is 2.74. The molecular formula is C16H16FN3OS. The molecule has 114 valence electrons. The predicted molar refractivity (Wildman–Crippen MR) is 84.8 cm³/mol. The zero-order valence-electron chi connectivity index (χ0n) is 12.3. The monoisotopic (exact) mass is 317 g/mol. The molecule has 1 N–H and O–H groups in total. The van der Waals surface area contributed by atoms with Gasteiger partial charge in [-0.1, -0.05) is 6.07 Å². The minimum absolute atomic E-state index is 0.0904. The van der Waals surface area contributed by atoms with Crippen LogP contribution in [0, 0.1) is 12.9 Å². The van der Waals surface area contributed by atoms with Crippen molar-refractivity contribution in [1.29, 1.82) is 0 Å². The number of nitrogens with zero attached hydrogens (tertiary/aromatic N) is 2. The molecule has 3 heterocycles. The number of carbonyl (C=O) groups is 1. The highest BCUT2D eigenvalue weighted by atomic mass is 32.1. The van der Waals surface area contributed by atoms with Gasteiger partial charge in [0.1, 0.15) is 5.65 Å². The van der Waals surface area contributed by atoms with Crippen LogP contribution in [-0.2, 0) is 6.42 Å². The number of hydrogen-bond donors (Lipinski definition) is 1. The zero-order chi connectivity index (χ0) is 15.7. The molecule has 0 aromatic carbocycles. The summed E-state index contributed by atoms with van der Waals surface area (Å²) in [6, 6.07) is 5.49. The summed E-state index contributed by atoms with van der Waals surface area (Å²) in [7, 11) is 0. The Morgan fingerprint density at radius 2 is 2.32 bits per heavy atom. The Morgan fingerprint density at radius 1 is 1.50 bits per heavy atom. The third-order valence-electron chi connectivity index (χ3n) is 3.50. The molecule has 3 aromatic heterocycles. The number of aromatic nitrogens is 2. The van der Waals surface area contributed by atoms with E-state index in [0.717, 1.165) is 11.1 Å². The summed E-state index contributed by atoms with van der Waals surface area (Å²) in [5, 5.41) is 6.84. The minimum Gasteiger partial charge on any atom is -0.348 e. The van der Waals surface area contributed by atoms with E-state index >= 15 is 0 Å². The van der Waals surface area contributed by atoms with Gasteiger partial charge in [-0.3, -0.25) is 9.20 Å². The fourth-order valence-electron chi connectivity index (χ4n) is 2.43. The summed E-state index contributed by atoms with van der Waals surface area (Å²) >= 11 is 1.62. The molecule has 0 spiro atoms. The van der Waals surface area contributed by atoms with Crippen LogP contribution in [0.15, 0.2) is 35.2 Å². The fourth-order valence-corrected chi connectivity index (χ4v) is 3.11. The number of imidazole rings is 1. The van der Waals surface area contributed by atoms with E-state index in [1.807, 2.05) is 36.7 Å². The number of fused-ring (bicyclic) bond motifs is 1. The summed E-state index contributed by atoms with van der Waals surface area (Å²) in [6.07, 6.45) is 2.28. The van der Waals surface area contributed by atoms with Gasteiger partial charge < -0.3 is 5.32 Å². The van der Waals surface area contributed by atoms with Crippen molar-refractivity contribution >= 4 is 22.9 Å². The lowest BCUT2D eigenvalue weighted by atomic mass is 10.1. The van der Waals surface area contributed by atoms with Crippen LogP contribution in [0.5, 0.6) is 0 Å². The van der Waals surface area contributed by atoms with Gasteiger partial charge in [0.05, 0.1) is 0 Å². The Kier molecular flexibility index (Phi) is 3.94. The van der Waals surface area contributed by atoms with E-state index in [-0.39, 0.29) is 11.7 Å². The molecule has 6 heteroatoms. The average Bonchev–Trinajstić information content (AvgIpc) is 3.08. The van der Waals surface area contributed by atoms with Crippen LogP contribution in [0.3, 0.4) is 0 Å². The van der Waals surface area contributed by atoms with Crippen molar-refractivity contribution in [2.24, 2.45) is 0 Å². The lowest BCUT2D eigenvalue weighted by molar-refractivity contribution is 0.0931. The molecule has 22 heavy (non-hydrogen) atoms. The zero-order valence-corrected chi connectivity index (χ0v) is 13.2. The van der Waals surface area contributed by atoms with Crippen molar-refractivity contribution < 1.29 is 9.18 Å². The molecule has 1 atom stereocenters. The van der Waals surface area contributed by atoms with Gasteiger partial charge in [-0.25, -0.2) is 4.98 Å². The summed E-state index contributed by atoms with van der Waals surface area (Å²) in [6.45, 7) is 3.73. The van der Waals surface area contributed by atoms with Crippen molar-refractivity contribution in [2.45, 2.75) is 26.3 Å². The molecule has 3 rings (SSSR count). The molecule has 0 aliphatic heterocycles. The maximum atomic E-state index is 14.3. The van der Waals surface area contributed by atoms with Crippen LogP contribution < -0.4 is 5.32 Å². The number of amides is 1. The Hall–Kier alpha value is -2.21. The van der Waals surface area contributed by atoms with Crippen LogP contribution in [0.1, 0.15) is 28.5 Å². The number of aryl methyl sites for hydroxylation is 1. The summed E-state index contributed by atoms with van der Waals surface area (Å²) < 4.78 is 15.6. The second-order valence-electron chi connectivity index (χ2n) is 5.35. The van der Waals surface area contributed by atoms with Gasteiger partial charge in [0.2, 0.25) is 5.95 Å². The Labute approximate surface area is 131 Å². The van der Waals surface area contributed by atoms with Crippen molar-refractivity contribution in [1.82, 2.24) is 14.7 Å². The van der Waals surface area contributed by atoms with E-state index in [2.05, 4.69) is 10.3 Å². The van der Waals surface area contributed by atoms with Gasteiger partial charge in [0, 0.05) is 12.2 Å². The molecule has 0 aliphatic carbocycles. The van der Waals surface area contributed by atoms with Crippen molar-refractivity contribution in [2.75, 3.05) is 0 Å². The standard InChI is InChI=1S/C16H16FN3OS/c1-10-4-3-6-20-14(17)13(19-15(10)20)16(21)18-11(2)8-12-5-7-22-9-12/h3-7,9,11H,8H2,1-2H3,(H,18,21)/t11-/m0/s1. The number of carbonyl (C=O) groups excluding carboxylic acids is 1. The van der Waals surface area contributed by atoms with E-state index < -0.39 is 11.9 Å². The van der Waals surface area contributed by atoms with E-state index in [1.54, 1.807) is 23.6 Å². The Morgan fingerprint density at radius 3 is 3.00 bits per heavy atom. The quantitative estimate of drug-likeness (QED) is 0.803. The maximum Gasteiger partial charge on any atom is 0.274 e. The maximum absolute atomic E-state index is 14.3. The van der Waals surface area contributed by atoms with Crippen LogP contribution >= 0.6 is 11.3 Å². The first-order valence-electron chi connectivity index (χ1n) is 7.01. The second kappa shape index (κ2) is 5.88. The molecule has 1 amide bonds. The molecule has 0 saturated heterocycles. The molecule has 3 aromatic rings. The van der Waals surface area contributed by atoms with E-state index in [0.29, 0.717) is 12.1 Å². The van der Waals surface area contributed by atoms with Crippen LogP contribution in [0.4, 0.5) is 4.39 Å². The third-order valence-corrected chi connectivity index (χ3v) is 4.23. The van der Waals surface area contributed by atoms with Crippen LogP contribution in [-0.4, -0.2) is 21.3 Å². The highest BCUT2D eigenvalue weighted by Gasteiger charge is 2.21. The largest absolute Gasteiger partial charge is 0.348 e. The first kappa shape index (κ1) is 14.7.